The van der Waals surface area contributed by atoms with Gasteiger partial charge in [-0.1, -0.05) is 24.3 Å². The summed E-state index contributed by atoms with van der Waals surface area (Å²) in [5.41, 5.74) is 3.58. The van der Waals surface area contributed by atoms with Gasteiger partial charge in [-0.25, -0.2) is 0 Å². The Hall–Kier alpha value is -2.14. The molecule has 1 N–H and O–H groups in total. The van der Waals surface area contributed by atoms with Gasteiger partial charge in [-0.2, -0.15) is 0 Å². The van der Waals surface area contributed by atoms with Crippen LogP contribution in [0, 0.1) is 13.8 Å². The molecule has 0 heterocycles. The molecule has 2 aromatic carbocycles. The lowest BCUT2D eigenvalue weighted by Crippen LogP contribution is -2.37. The van der Waals surface area contributed by atoms with Crippen molar-refractivity contribution in [1.82, 2.24) is 0 Å². The topological polar surface area (TPSA) is 49.4 Å². The van der Waals surface area contributed by atoms with E-state index in [0.717, 1.165) is 21.3 Å². The molecule has 0 fully saturated rings. The molecule has 2 amide bonds. The van der Waals surface area contributed by atoms with E-state index in [-0.39, 0.29) is 18.4 Å². The van der Waals surface area contributed by atoms with E-state index >= 15 is 0 Å². The van der Waals surface area contributed by atoms with Gasteiger partial charge in [-0.15, -0.1) is 0 Å². The lowest BCUT2D eigenvalue weighted by Gasteiger charge is -2.22. The minimum absolute atomic E-state index is 0.0364. The van der Waals surface area contributed by atoms with Crippen LogP contribution in [0.15, 0.2) is 46.9 Å². The SMILES string of the molecule is CC(=O)N(CC(=O)Nc1cccc(C)c1C)c1ccccc1Br. The third kappa shape index (κ3) is 4.20. The van der Waals surface area contributed by atoms with Crippen LogP contribution in [0.2, 0.25) is 0 Å². The van der Waals surface area contributed by atoms with Gasteiger partial charge in [0.25, 0.3) is 0 Å². The summed E-state index contributed by atoms with van der Waals surface area (Å²) in [4.78, 5) is 25.7. The summed E-state index contributed by atoms with van der Waals surface area (Å²) in [5.74, 6) is -0.419. The van der Waals surface area contributed by atoms with Gasteiger partial charge in [0.05, 0.1) is 5.69 Å². The number of carbonyl (C=O) groups excluding carboxylic acids is 2. The molecule has 120 valence electrons. The smallest absolute Gasteiger partial charge is 0.244 e. The van der Waals surface area contributed by atoms with Crippen molar-refractivity contribution < 1.29 is 9.59 Å². The van der Waals surface area contributed by atoms with E-state index in [9.17, 15) is 9.59 Å². The van der Waals surface area contributed by atoms with Crippen molar-refractivity contribution >= 4 is 39.1 Å². The van der Waals surface area contributed by atoms with E-state index < -0.39 is 0 Å². The van der Waals surface area contributed by atoms with Crippen molar-refractivity contribution in [3.63, 3.8) is 0 Å². The minimum atomic E-state index is -0.232. The highest BCUT2D eigenvalue weighted by molar-refractivity contribution is 9.10. The normalized spacial score (nSPS) is 10.3. The molecule has 0 aromatic heterocycles. The summed E-state index contributed by atoms with van der Waals surface area (Å²) >= 11 is 3.42. The lowest BCUT2D eigenvalue weighted by molar-refractivity contribution is -0.120. The lowest BCUT2D eigenvalue weighted by atomic mass is 10.1. The van der Waals surface area contributed by atoms with E-state index in [1.54, 1.807) is 6.07 Å². The molecule has 0 aliphatic carbocycles. The van der Waals surface area contributed by atoms with Gasteiger partial charge in [0.15, 0.2) is 0 Å². The maximum Gasteiger partial charge on any atom is 0.244 e. The molecule has 0 aliphatic heterocycles. The van der Waals surface area contributed by atoms with Crippen molar-refractivity contribution in [3.05, 3.63) is 58.1 Å². The Labute approximate surface area is 144 Å². The highest BCUT2D eigenvalue weighted by atomic mass is 79.9. The van der Waals surface area contributed by atoms with Gasteiger partial charge in [-0.3, -0.25) is 9.59 Å². The molecular formula is C18H19BrN2O2. The predicted molar refractivity (Wildman–Crippen MR) is 96.7 cm³/mol. The fraction of sp³-hybridized carbons (Fsp3) is 0.222. The van der Waals surface area contributed by atoms with Crippen molar-refractivity contribution in [1.29, 1.82) is 0 Å². The van der Waals surface area contributed by atoms with Crippen LogP contribution in [-0.2, 0) is 9.59 Å². The number of anilines is 2. The third-order valence-corrected chi connectivity index (χ3v) is 4.37. The van der Waals surface area contributed by atoms with E-state index in [1.165, 1.54) is 11.8 Å². The van der Waals surface area contributed by atoms with Crippen LogP contribution in [0.5, 0.6) is 0 Å². The molecule has 23 heavy (non-hydrogen) atoms. The maximum absolute atomic E-state index is 12.4. The first-order valence-corrected chi connectivity index (χ1v) is 8.08. The number of nitrogens with zero attached hydrogens (tertiary/aromatic N) is 1. The molecular weight excluding hydrogens is 356 g/mol. The monoisotopic (exact) mass is 374 g/mol. The standard InChI is InChI=1S/C18H19BrN2O2/c1-12-7-6-9-16(13(12)2)20-18(23)11-21(14(3)22)17-10-5-4-8-15(17)19/h4-10H,11H2,1-3H3,(H,20,23). The highest BCUT2D eigenvalue weighted by Gasteiger charge is 2.18. The average molecular weight is 375 g/mol. The number of nitrogens with one attached hydrogen (secondary N) is 1. The molecule has 5 heteroatoms. The Morgan fingerprint density at radius 2 is 1.78 bits per heavy atom. The van der Waals surface area contributed by atoms with Gasteiger partial charge < -0.3 is 10.2 Å². The molecule has 0 saturated carbocycles. The van der Waals surface area contributed by atoms with Crippen molar-refractivity contribution in [3.8, 4) is 0 Å². The predicted octanol–water partition coefficient (Wildman–Crippen LogP) is 4.06. The number of hydrogen-bond acceptors (Lipinski definition) is 2. The number of aryl methyl sites for hydroxylation is 1. The zero-order valence-corrected chi connectivity index (χ0v) is 15.0. The van der Waals surface area contributed by atoms with Crippen LogP contribution in [-0.4, -0.2) is 18.4 Å². The zero-order chi connectivity index (χ0) is 17.0. The van der Waals surface area contributed by atoms with Crippen molar-refractivity contribution in [2.24, 2.45) is 0 Å². The Bertz CT molecular complexity index is 744. The van der Waals surface area contributed by atoms with Gasteiger partial charge >= 0.3 is 0 Å². The largest absolute Gasteiger partial charge is 0.324 e. The second kappa shape index (κ2) is 7.42. The van der Waals surface area contributed by atoms with E-state index in [0.29, 0.717) is 5.69 Å². The van der Waals surface area contributed by atoms with Gasteiger partial charge in [0.1, 0.15) is 6.54 Å². The molecule has 0 spiro atoms. The molecule has 2 rings (SSSR count). The number of benzene rings is 2. The Morgan fingerprint density at radius 3 is 2.43 bits per heavy atom. The molecule has 0 aliphatic rings. The molecule has 2 aromatic rings. The summed E-state index contributed by atoms with van der Waals surface area (Å²) in [6, 6.07) is 13.1. The fourth-order valence-electron chi connectivity index (χ4n) is 2.26. The molecule has 0 radical (unpaired) electrons. The van der Waals surface area contributed by atoms with Gasteiger partial charge in [0.2, 0.25) is 11.8 Å². The molecule has 0 bridgehead atoms. The van der Waals surface area contributed by atoms with Crippen molar-refractivity contribution in [2.45, 2.75) is 20.8 Å². The third-order valence-electron chi connectivity index (χ3n) is 3.70. The molecule has 4 nitrogen and oxygen atoms in total. The number of amides is 2. The minimum Gasteiger partial charge on any atom is -0.324 e. The van der Waals surface area contributed by atoms with Crippen LogP contribution < -0.4 is 10.2 Å². The van der Waals surface area contributed by atoms with Crippen molar-refractivity contribution in [2.75, 3.05) is 16.8 Å². The first-order chi connectivity index (χ1) is 10.9. The van der Waals surface area contributed by atoms with Crippen LogP contribution in [0.1, 0.15) is 18.1 Å². The molecule has 0 unspecified atom stereocenters. The van der Waals surface area contributed by atoms with E-state index in [2.05, 4.69) is 21.2 Å². The first-order valence-electron chi connectivity index (χ1n) is 7.29. The second-order valence-electron chi connectivity index (χ2n) is 5.35. The van der Waals surface area contributed by atoms with Crippen LogP contribution >= 0.6 is 15.9 Å². The summed E-state index contributed by atoms with van der Waals surface area (Å²) in [6.45, 7) is 5.37. The van der Waals surface area contributed by atoms with Gasteiger partial charge in [-0.05, 0) is 59.1 Å². The number of rotatable bonds is 4. The summed E-state index contributed by atoms with van der Waals surface area (Å²) in [6.07, 6.45) is 0. The Morgan fingerprint density at radius 1 is 1.09 bits per heavy atom. The van der Waals surface area contributed by atoms with Crippen LogP contribution in [0.25, 0.3) is 0 Å². The number of hydrogen-bond donors (Lipinski definition) is 1. The Kier molecular flexibility index (Phi) is 5.55. The summed E-state index contributed by atoms with van der Waals surface area (Å²) in [7, 11) is 0. The number of carbonyl (C=O) groups is 2. The quantitative estimate of drug-likeness (QED) is 0.876. The average Bonchev–Trinajstić information content (AvgIpc) is 2.50. The summed E-state index contributed by atoms with van der Waals surface area (Å²) < 4.78 is 0.773. The molecule has 0 atom stereocenters. The fourth-order valence-corrected chi connectivity index (χ4v) is 2.76. The van der Waals surface area contributed by atoms with Crippen LogP contribution in [0.4, 0.5) is 11.4 Å². The number of para-hydroxylation sites is 1. The first kappa shape index (κ1) is 17.2. The zero-order valence-electron chi connectivity index (χ0n) is 13.4. The Balaban J connectivity index is 2.18. The maximum atomic E-state index is 12.4. The number of halogens is 1. The van der Waals surface area contributed by atoms with Gasteiger partial charge in [0, 0.05) is 17.1 Å². The van der Waals surface area contributed by atoms with E-state index in [4.69, 9.17) is 0 Å². The van der Waals surface area contributed by atoms with Crippen LogP contribution in [0.3, 0.4) is 0 Å². The van der Waals surface area contributed by atoms with E-state index in [1.807, 2.05) is 50.2 Å². The second-order valence-corrected chi connectivity index (χ2v) is 6.21. The highest BCUT2D eigenvalue weighted by Crippen LogP contribution is 2.26. The summed E-state index contributed by atoms with van der Waals surface area (Å²) in [5, 5.41) is 2.88. The molecule has 0 saturated heterocycles.